The van der Waals surface area contributed by atoms with Gasteiger partial charge in [0.2, 0.25) is 0 Å². The number of aryl methyl sites for hydroxylation is 1. The summed E-state index contributed by atoms with van der Waals surface area (Å²) in [5, 5.41) is 0. The van der Waals surface area contributed by atoms with E-state index in [0.29, 0.717) is 16.0 Å². The van der Waals surface area contributed by atoms with Crippen molar-refractivity contribution < 1.29 is 8.78 Å². The van der Waals surface area contributed by atoms with Gasteiger partial charge in [0.25, 0.3) is 0 Å². The molecule has 0 bridgehead atoms. The molecule has 0 fully saturated rings. The number of rotatable bonds is 3. The molecular weight excluding hydrogens is 266 g/mol. The maximum Gasteiger partial charge on any atom is 0.132 e. The maximum atomic E-state index is 13.6. The first-order valence-electron chi connectivity index (χ1n) is 6.04. The number of nitrogens with zero attached hydrogens (tertiary/aromatic N) is 1. The minimum atomic E-state index is -0.583. The minimum absolute atomic E-state index is 0.267. The van der Waals surface area contributed by atoms with E-state index in [-0.39, 0.29) is 6.42 Å². The van der Waals surface area contributed by atoms with E-state index in [2.05, 4.69) is 9.97 Å². The highest BCUT2D eigenvalue weighted by atomic mass is 32.1. The fourth-order valence-corrected chi connectivity index (χ4v) is 2.15. The van der Waals surface area contributed by atoms with Gasteiger partial charge in [-0.25, -0.2) is 13.8 Å². The molecule has 1 heterocycles. The van der Waals surface area contributed by atoms with E-state index < -0.39 is 11.6 Å². The predicted octanol–water partition coefficient (Wildman–Crippen LogP) is 3.88. The molecule has 0 spiro atoms. The van der Waals surface area contributed by atoms with E-state index >= 15 is 0 Å². The lowest BCUT2D eigenvalue weighted by atomic mass is 10.1. The number of H-pyrrole nitrogens is 1. The normalized spacial score (nSPS) is 10.7. The second-order valence-electron chi connectivity index (χ2n) is 4.36. The Morgan fingerprint density at radius 3 is 2.68 bits per heavy atom. The largest absolute Gasteiger partial charge is 0.347 e. The molecule has 1 aromatic carbocycles. The molecule has 19 heavy (non-hydrogen) atoms. The van der Waals surface area contributed by atoms with Crippen LogP contribution in [0.25, 0.3) is 0 Å². The first kappa shape index (κ1) is 13.8. The van der Waals surface area contributed by atoms with Gasteiger partial charge in [0.05, 0.1) is 0 Å². The van der Waals surface area contributed by atoms with Crippen LogP contribution in [0, 0.1) is 23.2 Å². The van der Waals surface area contributed by atoms with Gasteiger partial charge in [-0.05, 0) is 25.0 Å². The number of aromatic amines is 1. The van der Waals surface area contributed by atoms with Gasteiger partial charge in [0.15, 0.2) is 0 Å². The second kappa shape index (κ2) is 5.57. The van der Waals surface area contributed by atoms with Crippen molar-refractivity contribution in [2.24, 2.45) is 0 Å². The molecule has 2 aromatic rings. The summed E-state index contributed by atoms with van der Waals surface area (Å²) in [5.74, 6) is -0.557. The molecule has 0 unspecified atom stereocenters. The average Bonchev–Trinajstić information content (AvgIpc) is 2.37. The zero-order valence-corrected chi connectivity index (χ0v) is 11.6. The Hall–Kier alpha value is -1.62. The maximum absolute atomic E-state index is 13.6. The fraction of sp³-hybridized carbons (Fsp3) is 0.286. The standard InChI is InChI=1S/C14H14F2N2S/c1-3-12-8(2)14(19)18-13(17-12)6-9-4-5-10(15)7-11(9)16/h4-5,7H,3,6H2,1-2H3,(H,17,18,19). The zero-order valence-electron chi connectivity index (χ0n) is 10.8. The molecule has 0 aliphatic carbocycles. The van der Waals surface area contributed by atoms with Crippen molar-refractivity contribution in [3.8, 4) is 0 Å². The van der Waals surface area contributed by atoms with E-state index in [4.69, 9.17) is 12.2 Å². The van der Waals surface area contributed by atoms with Crippen molar-refractivity contribution in [3.63, 3.8) is 0 Å². The number of nitrogens with one attached hydrogen (secondary N) is 1. The Morgan fingerprint density at radius 2 is 2.05 bits per heavy atom. The summed E-state index contributed by atoms with van der Waals surface area (Å²) >= 11 is 5.18. The summed E-state index contributed by atoms with van der Waals surface area (Å²) < 4.78 is 27.0. The van der Waals surface area contributed by atoms with E-state index in [1.165, 1.54) is 12.1 Å². The van der Waals surface area contributed by atoms with Gasteiger partial charge in [-0.3, -0.25) is 0 Å². The topological polar surface area (TPSA) is 28.7 Å². The lowest BCUT2D eigenvalue weighted by Gasteiger charge is -2.08. The van der Waals surface area contributed by atoms with Crippen LogP contribution in [-0.2, 0) is 12.8 Å². The number of benzene rings is 1. The first-order chi connectivity index (χ1) is 9.01. The number of halogens is 2. The molecule has 2 nitrogen and oxygen atoms in total. The van der Waals surface area contributed by atoms with Gasteiger partial charge in [0.1, 0.15) is 22.1 Å². The SMILES string of the molecule is CCc1[nH]c(Cc2ccc(F)cc2F)nc(=S)c1C. The lowest BCUT2D eigenvalue weighted by molar-refractivity contribution is 0.573. The highest BCUT2D eigenvalue weighted by Crippen LogP contribution is 2.14. The zero-order chi connectivity index (χ0) is 14.0. The van der Waals surface area contributed by atoms with Crippen LogP contribution in [0.4, 0.5) is 8.78 Å². The quantitative estimate of drug-likeness (QED) is 0.864. The fourth-order valence-electron chi connectivity index (χ4n) is 1.91. The highest BCUT2D eigenvalue weighted by Gasteiger charge is 2.08. The van der Waals surface area contributed by atoms with E-state index in [9.17, 15) is 8.78 Å². The van der Waals surface area contributed by atoms with Crippen LogP contribution in [0.5, 0.6) is 0 Å². The molecule has 0 atom stereocenters. The van der Waals surface area contributed by atoms with Crippen molar-refractivity contribution in [2.75, 3.05) is 0 Å². The van der Waals surface area contributed by atoms with E-state index in [0.717, 1.165) is 23.7 Å². The molecule has 1 aromatic heterocycles. The molecule has 0 saturated carbocycles. The summed E-state index contributed by atoms with van der Waals surface area (Å²) in [6.45, 7) is 3.92. The lowest BCUT2D eigenvalue weighted by Crippen LogP contribution is -2.04. The van der Waals surface area contributed by atoms with E-state index in [1.807, 2.05) is 13.8 Å². The van der Waals surface area contributed by atoms with Crippen LogP contribution in [0.2, 0.25) is 0 Å². The summed E-state index contributed by atoms with van der Waals surface area (Å²) in [4.78, 5) is 7.39. The molecule has 0 aliphatic rings. The van der Waals surface area contributed by atoms with Crippen molar-refractivity contribution in [1.82, 2.24) is 9.97 Å². The summed E-state index contributed by atoms with van der Waals surface area (Å²) in [5.41, 5.74) is 2.34. The van der Waals surface area contributed by atoms with Crippen LogP contribution in [0.3, 0.4) is 0 Å². The number of hydrogen-bond acceptors (Lipinski definition) is 2. The predicted molar refractivity (Wildman–Crippen MR) is 72.7 cm³/mol. The van der Waals surface area contributed by atoms with Gasteiger partial charge in [-0.15, -0.1) is 0 Å². The van der Waals surface area contributed by atoms with Gasteiger partial charge in [-0.1, -0.05) is 25.2 Å². The molecular formula is C14H14F2N2S. The highest BCUT2D eigenvalue weighted by molar-refractivity contribution is 7.71. The van der Waals surface area contributed by atoms with Gasteiger partial charge < -0.3 is 4.98 Å². The molecule has 0 amide bonds. The Kier molecular flexibility index (Phi) is 4.04. The Labute approximate surface area is 115 Å². The van der Waals surface area contributed by atoms with Crippen LogP contribution in [-0.4, -0.2) is 9.97 Å². The number of hydrogen-bond donors (Lipinski definition) is 1. The third-order valence-electron chi connectivity index (χ3n) is 3.03. The van der Waals surface area contributed by atoms with Crippen LogP contribution < -0.4 is 0 Å². The minimum Gasteiger partial charge on any atom is -0.347 e. The first-order valence-corrected chi connectivity index (χ1v) is 6.44. The smallest absolute Gasteiger partial charge is 0.132 e. The summed E-state index contributed by atoms with van der Waals surface area (Å²) in [7, 11) is 0. The van der Waals surface area contributed by atoms with Gasteiger partial charge in [0, 0.05) is 23.7 Å². The van der Waals surface area contributed by atoms with Crippen LogP contribution in [0.1, 0.15) is 29.6 Å². The molecule has 100 valence electrons. The van der Waals surface area contributed by atoms with Crippen molar-refractivity contribution >= 4 is 12.2 Å². The van der Waals surface area contributed by atoms with Crippen molar-refractivity contribution in [1.29, 1.82) is 0 Å². The third kappa shape index (κ3) is 3.04. The molecule has 0 radical (unpaired) electrons. The van der Waals surface area contributed by atoms with E-state index in [1.54, 1.807) is 0 Å². The Morgan fingerprint density at radius 1 is 1.32 bits per heavy atom. The Bertz CT molecular complexity index is 665. The van der Waals surface area contributed by atoms with Gasteiger partial charge in [-0.2, -0.15) is 0 Å². The van der Waals surface area contributed by atoms with Crippen molar-refractivity contribution in [3.05, 3.63) is 57.1 Å². The summed E-state index contributed by atoms with van der Waals surface area (Å²) in [6.07, 6.45) is 1.07. The molecule has 2 rings (SSSR count). The van der Waals surface area contributed by atoms with Crippen molar-refractivity contribution in [2.45, 2.75) is 26.7 Å². The second-order valence-corrected chi connectivity index (χ2v) is 4.74. The molecule has 1 N–H and O–H groups in total. The molecule has 0 saturated heterocycles. The monoisotopic (exact) mass is 280 g/mol. The van der Waals surface area contributed by atoms with Gasteiger partial charge >= 0.3 is 0 Å². The number of aromatic nitrogens is 2. The third-order valence-corrected chi connectivity index (χ3v) is 3.43. The summed E-state index contributed by atoms with van der Waals surface area (Å²) in [6, 6.07) is 3.54. The molecule has 5 heteroatoms. The van der Waals surface area contributed by atoms with Crippen LogP contribution in [0.15, 0.2) is 18.2 Å². The Balaban J connectivity index is 2.38. The average molecular weight is 280 g/mol. The molecule has 0 aliphatic heterocycles. The van der Waals surface area contributed by atoms with Crippen LogP contribution >= 0.6 is 12.2 Å².